The van der Waals surface area contributed by atoms with Crippen LogP contribution in [-0.2, 0) is 0 Å². The molecular weight excluding hydrogens is 328 g/mol. The Morgan fingerprint density at radius 3 is 2.29 bits per heavy atom. The summed E-state index contributed by atoms with van der Waals surface area (Å²) in [6.07, 6.45) is 0. The molecular formula is C16H14F4N2O2. The minimum absolute atomic E-state index is 0.0318. The first-order valence-electron chi connectivity index (χ1n) is 6.91. The Hall–Kier alpha value is -2.61. The van der Waals surface area contributed by atoms with Crippen molar-refractivity contribution in [1.82, 2.24) is 0 Å². The van der Waals surface area contributed by atoms with Gasteiger partial charge in [-0.1, -0.05) is 0 Å². The summed E-state index contributed by atoms with van der Waals surface area (Å²) < 4.78 is 52.8. The second kappa shape index (κ2) is 7.31. The molecule has 0 saturated heterocycles. The average Bonchev–Trinajstić information content (AvgIpc) is 2.57. The molecule has 2 rings (SSSR count). The molecule has 0 radical (unpaired) electrons. The van der Waals surface area contributed by atoms with E-state index in [-0.39, 0.29) is 12.3 Å². The van der Waals surface area contributed by atoms with E-state index in [0.29, 0.717) is 12.6 Å². The van der Waals surface area contributed by atoms with Crippen molar-refractivity contribution in [1.29, 1.82) is 0 Å². The number of hydrogen-bond acceptors (Lipinski definition) is 3. The SMILES string of the molecule is CN(CCO)c1ccc(NC(=O)c2cc(F)c(F)c(F)c2F)cc1. The van der Waals surface area contributed by atoms with E-state index in [0.717, 1.165) is 5.69 Å². The third-order valence-electron chi connectivity index (χ3n) is 3.35. The summed E-state index contributed by atoms with van der Waals surface area (Å²) >= 11 is 0. The first-order valence-corrected chi connectivity index (χ1v) is 6.91. The highest BCUT2D eigenvalue weighted by atomic mass is 19.2. The summed E-state index contributed by atoms with van der Waals surface area (Å²) in [5.41, 5.74) is 0.0747. The predicted octanol–water partition coefficient (Wildman–Crippen LogP) is 2.92. The number of carbonyl (C=O) groups excluding carboxylic acids is 1. The van der Waals surface area contributed by atoms with Crippen LogP contribution >= 0.6 is 0 Å². The zero-order chi connectivity index (χ0) is 17.9. The van der Waals surface area contributed by atoms with Crippen molar-refractivity contribution in [2.45, 2.75) is 0 Å². The van der Waals surface area contributed by atoms with Gasteiger partial charge in [0, 0.05) is 25.0 Å². The van der Waals surface area contributed by atoms with E-state index in [4.69, 9.17) is 5.11 Å². The van der Waals surface area contributed by atoms with Gasteiger partial charge in [-0.05, 0) is 30.3 Å². The van der Waals surface area contributed by atoms with Gasteiger partial charge in [-0.15, -0.1) is 0 Å². The second-order valence-corrected chi connectivity index (χ2v) is 4.99. The van der Waals surface area contributed by atoms with E-state index in [2.05, 4.69) is 5.32 Å². The van der Waals surface area contributed by atoms with Gasteiger partial charge in [0.05, 0.1) is 12.2 Å². The molecule has 2 N–H and O–H groups in total. The normalized spacial score (nSPS) is 10.6. The van der Waals surface area contributed by atoms with Gasteiger partial charge in [0.2, 0.25) is 0 Å². The van der Waals surface area contributed by atoms with Crippen molar-refractivity contribution in [3.05, 3.63) is 59.2 Å². The molecule has 0 aromatic heterocycles. The highest BCUT2D eigenvalue weighted by Gasteiger charge is 2.23. The maximum atomic E-state index is 13.6. The van der Waals surface area contributed by atoms with Gasteiger partial charge in [-0.25, -0.2) is 17.6 Å². The van der Waals surface area contributed by atoms with Crippen molar-refractivity contribution in [2.75, 3.05) is 30.4 Å². The number of rotatable bonds is 5. The van der Waals surface area contributed by atoms with Gasteiger partial charge in [0.25, 0.3) is 5.91 Å². The maximum Gasteiger partial charge on any atom is 0.258 e. The van der Waals surface area contributed by atoms with Crippen LogP contribution in [0.15, 0.2) is 30.3 Å². The van der Waals surface area contributed by atoms with Gasteiger partial charge in [-0.2, -0.15) is 0 Å². The van der Waals surface area contributed by atoms with E-state index in [1.165, 1.54) is 12.1 Å². The van der Waals surface area contributed by atoms with Crippen LogP contribution in [0.4, 0.5) is 28.9 Å². The fourth-order valence-electron chi connectivity index (χ4n) is 2.01. The first kappa shape index (κ1) is 17.7. The zero-order valence-electron chi connectivity index (χ0n) is 12.6. The quantitative estimate of drug-likeness (QED) is 0.499. The summed E-state index contributed by atoms with van der Waals surface area (Å²) in [5.74, 6) is -8.53. The number of likely N-dealkylation sites (N-methyl/N-ethyl adjacent to an activating group) is 1. The van der Waals surface area contributed by atoms with E-state index in [1.54, 1.807) is 24.1 Å². The molecule has 0 bridgehead atoms. The molecule has 0 aliphatic carbocycles. The molecule has 0 unspecified atom stereocenters. The number of aliphatic hydroxyl groups excluding tert-OH is 1. The summed E-state index contributed by atoms with van der Waals surface area (Å²) in [6, 6.07) is 6.55. The van der Waals surface area contributed by atoms with Crippen molar-refractivity contribution >= 4 is 17.3 Å². The molecule has 0 saturated carbocycles. The van der Waals surface area contributed by atoms with E-state index >= 15 is 0 Å². The number of nitrogens with zero attached hydrogens (tertiary/aromatic N) is 1. The van der Waals surface area contributed by atoms with Crippen molar-refractivity contribution in [3.63, 3.8) is 0 Å². The largest absolute Gasteiger partial charge is 0.395 e. The lowest BCUT2D eigenvalue weighted by Crippen LogP contribution is -2.21. The van der Waals surface area contributed by atoms with Gasteiger partial charge in [0.1, 0.15) is 0 Å². The number of aliphatic hydroxyl groups is 1. The molecule has 0 fully saturated rings. The topological polar surface area (TPSA) is 52.6 Å². The van der Waals surface area contributed by atoms with Crippen LogP contribution in [0.25, 0.3) is 0 Å². The van der Waals surface area contributed by atoms with Gasteiger partial charge in [0.15, 0.2) is 23.3 Å². The Labute approximate surface area is 135 Å². The van der Waals surface area contributed by atoms with Crippen LogP contribution in [0, 0.1) is 23.3 Å². The molecule has 0 atom stereocenters. The molecule has 2 aromatic carbocycles. The van der Waals surface area contributed by atoms with Gasteiger partial charge >= 0.3 is 0 Å². The standard InChI is InChI=1S/C16H14F4N2O2/c1-22(6-7-23)10-4-2-9(3-5-10)21-16(24)11-8-12(17)14(19)15(20)13(11)18/h2-5,8,23H,6-7H2,1H3,(H,21,24). The first-order chi connectivity index (χ1) is 11.3. The lowest BCUT2D eigenvalue weighted by molar-refractivity contribution is 0.102. The Kier molecular flexibility index (Phi) is 5.40. The number of anilines is 2. The van der Waals surface area contributed by atoms with E-state index in [1.807, 2.05) is 0 Å². The van der Waals surface area contributed by atoms with E-state index in [9.17, 15) is 22.4 Å². The number of nitrogens with one attached hydrogen (secondary N) is 1. The van der Waals surface area contributed by atoms with Crippen molar-refractivity contribution < 1.29 is 27.5 Å². The van der Waals surface area contributed by atoms with E-state index < -0.39 is 34.7 Å². The Balaban J connectivity index is 2.19. The average molecular weight is 342 g/mol. The minimum Gasteiger partial charge on any atom is -0.395 e. The number of carbonyl (C=O) groups is 1. The molecule has 4 nitrogen and oxygen atoms in total. The molecule has 128 valence electrons. The number of hydrogen-bond donors (Lipinski definition) is 2. The summed E-state index contributed by atoms with van der Waals surface area (Å²) in [7, 11) is 1.75. The molecule has 24 heavy (non-hydrogen) atoms. The number of halogens is 4. The monoisotopic (exact) mass is 342 g/mol. The summed E-state index contributed by atoms with van der Waals surface area (Å²) in [4.78, 5) is 13.7. The number of benzene rings is 2. The smallest absolute Gasteiger partial charge is 0.258 e. The molecule has 0 aliphatic heterocycles. The van der Waals surface area contributed by atoms with Crippen molar-refractivity contribution in [3.8, 4) is 0 Å². The fraction of sp³-hybridized carbons (Fsp3) is 0.188. The Morgan fingerprint density at radius 1 is 1.08 bits per heavy atom. The lowest BCUT2D eigenvalue weighted by Gasteiger charge is -2.18. The number of amides is 1. The van der Waals surface area contributed by atoms with Gasteiger partial charge < -0.3 is 15.3 Å². The van der Waals surface area contributed by atoms with Crippen molar-refractivity contribution in [2.24, 2.45) is 0 Å². The van der Waals surface area contributed by atoms with Gasteiger partial charge in [-0.3, -0.25) is 4.79 Å². The van der Waals surface area contributed by atoms with Crippen LogP contribution in [0.5, 0.6) is 0 Å². The maximum absolute atomic E-state index is 13.6. The second-order valence-electron chi connectivity index (χ2n) is 4.99. The Morgan fingerprint density at radius 2 is 1.71 bits per heavy atom. The fourth-order valence-corrected chi connectivity index (χ4v) is 2.01. The Bertz CT molecular complexity index is 751. The highest BCUT2D eigenvalue weighted by molar-refractivity contribution is 6.04. The summed E-state index contributed by atoms with van der Waals surface area (Å²) in [5, 5.41) is 11.1. The minimum atomic E-state index is -2.04. The highest BCUT2D eigenvalue weighted by Crippen LogP contribution is 2.21. The lowest BCUT2D eigenvalue weighted by atomic mass is 10.1. The van der Waals surface area contributed by atoms with Crippen LogP contribution in [0.1, 0.15) is 10.4 Å². The molecule has 8 heteroatoms. The molecule has 0 aliphatic rings. The molecule has 2 aromatic rings. The van der Waals surface area contributed by atoms with Crippen LogP contribution in [0.2, 0.25) is 0 Å². The van der Waals surface area contributed by atoms with Crippen LogP contribution < -0.4 is 10.2 Å². The van der Waals surface area contributed by atoms with Crippen LogP contribution in [-0.4, -0.2) is 31.2 Å². The summed E-state index contributed by atoms with van der Waals surface area (Å²) in [6.45, 7) is 0.376. The molecule has 0 spiro atoms. The third kappa shape index (κ3) is 3.65. The third-order valence-corrected chi connectivity index (χ3v) is 3.35. The molecule has 0 heterocycles. The molecule has 1 amide bonds. The predicted molar refractivity (Wildman–Crippen MR) is 81.0 cm³/mol. The van der Waals surface area contributed by atoms with Crippen LogP contribution in [0.3, 0.4) is 0 Å². The zero-order valence-corrected chi connectivity index (χ0v) is 12.6.